The molecule has 0 radical (unpaired) electrons. The van der Waals surface area contributed by atoms with Gasteiger partial charge in [-0.1, -0.05) is 0 Å². The van der Waals surface area contributed by atoms with Crippen molar-refractivity contribution in [2.24, 2.45) is 0 Å². The number of rotatable bonds is 61. The lowest BCUT2D eigenvalue weighted by molar-refractivity contribution is -0.474. The minimum atomic E-state index is -9.22. The number of ether oxygens (including phenoxy) is 17. The maximum Gasteiger partial charge on any atom is 0.460 e. The second-order valence-corrected chi connectivity index (χ2v) is 16.7. The summed E-state index contributed by atoms with van der Waals surface area (Å²) in [6, 6.07) is 0. The van der Waals surface area contributed by atoms with E-state index in [1.807, 2.05) is 0 Å². The quantitative estimate of drug-likeness (QED) is 0.0489. The van der Waals surface area contributed by atoms with Crippen molar-refractivity contribution in [3.63, 3.8) is 0 Å². The maximum atomic E-state index is 14.1. The van der Waals surface area contributed by atoms with Crippen molar-refractivity contribution in [1.82, 2.24) is 0 Å². The van der Waals surface area contributed by atoms with Crippen LogP contribution in [0.2, 0.25) is 0 Å². The van der Waals surface area contributed by atoms with Gasteiger partial charge in [0.25, 0.3) is 0 Å². The predicted octanol–water partition coefficient (Wildman–Crippen LogP) is 6.93. The minimum Gasteiger partial charge on any atom is -0.394 e. The van der Waals surface area contributed by atoms with Crippen LogP contribution in [0.15, 0.2) is 0 Å². The van der Waals surface area contributed by atoms with Crippen LogP contribution in [-0.4, -0.2) is 296 Å². The molecule has 18 nitrogen and oxygen atoms in total. The zero-order valence-corrected chi connectivity index (χ0v) is 45.8. The third-order valence-electron chi connectivity index (χ3n) is 10.3. The van der Waals surface area contributed by atoms with Crippen molar-refractivity contribution < 1.29 is 178 Å². The Bertz CT molecular complexity index is 1620. The summed E-state index contributed by atoms with van der Waals surface area (Å²) in [5.41, 5.74) is 0. The van der Waals surface area contributed by atoms with Crippen molar-refractivity contribution in [3.05, 3.63) is 0 Å². The Morgan fingerprint density at radius 1 is 0.165 bits per heavy atom. The number of aliphatic hydroxyl groups excluding tert-OH is 1. The highest BCUT2D eigenvalue weighted by Gasteiger charge is 2.97. The highest BCUT2D eigenvalue weighted by molar-refractivity contribution is 5.18. The summed E-state index contributed by atoms with van der Waals surface area (Å²) in [7, 11) is 0. The van der Waals surface area contributed by atoms with Gasteiger partial charge >= 0.3 is 59.5 Å². The summed E-state index contributed by atoms with van der Waals surface area (Å²) < 4.78 is 373. The van der Waals surface area contributed by atoms with Crippen molar-refractivity contribution in [3.8, 4) is 0 Å². The van der Waals surface area contributed by atoms with E-state index < -0.39 is 85.7 Å². The third kappa shape index (κ3) is 29.1. The molecule has 0 amide bonds. The average Bonchev–Trinajstić information content (AvgIpc) is 1.30. The summed E-state index contributed by atoms with van der Waals surface area (Å²) in [6.45, 7) is 6.30. The van der Waals surface area contributed by atoms with E-state index in [-0.39, 0.29) is 59.5 Å². The van der Waals surface area contributed by atoms with Crippen LogP contribution in [0.3, 0.4) is 0 Å². The van der Waals surface area contributed by atoms with Crippen LogP contribution in [0, 0.1) is 0 Å². The van der Waals surface area contributed by atoms with Crippen molar-refractivity contribution in [1.29, 1.82) is 0 Å². The Labute approximate surface area is 474 Å². The van der Waals surface area contributed by atoms with Gasteiger partial charge in [-0.3, -0.25) is 0 Å². The first-order valence-corrected chi connectivity index (χ1v) is 25.7. The monoisotopic (exact) mass is 1310 g/mol. The second-order valence-electron chi connectivity index (χ2n) is 16.7. The smallest absolute Gasteiger partial charge is 0.394 e. The fourth-order valence-corrected chi connectivity index (χ4v) is 5.63. The molecular weight excluding hydrogens is 1240 g/mol. The van der Waals surface area contributed by atoms with Crippen LogP contribution >= 0.6 is 0 Å². The van der Waals surface area contributed by atoms with E-state index in [1.54, 1.807) is 0 Å². The van der Waals surface area contributed by atoms with Crippen molar-refractivity contribution in [2.75, 3.05) is 231 Å². The summed E-state index contributed by atoms with van der Waals surface area (Å²) in [5, 5.41) is 8.59. The molecule has 0 spiro atoms. The largest absolute Gasteiger partial charge is 0.460 e. The minimum absolute atomic E-state index is 0.00798. The molecule has 0 aliphatic rings. The van der Waals surface area contributed by atoms with Gasteiger partial charge in [-0.05, 0) is 0 Å². The van der Waals surface area contributed by atoms with E-state index in [9.17, 15) is 92.2 Å². The molecule has 0 rings (SSSR count). The lowest BCUT2D eigenvalue weighted by Gasteiger charge is -2.44. The number of hydrogen-bond acceptors (Lipinski definition) is 18. The topological polar surface area (TPSA) is 177 Å². The second kappa shape index (κ2) is 43.5. The molecule has 0 saturated carbocycles. The molecule has 0 fully saturated rings. The fraction of sp³-hybridized carbons (Fsp3) is 1.00. The van der Waals surface area contributed by atoms with E-state index in [2.05, 4.69) is 4.74 Å². The summed E-state index contributed by atoms with van der Waals surface area (Å²) in [6.07, 6.45) is -10.9. The van der Waals surface area contributed by atoms with E-state index in [0.29, 0.717) is 152 Å². The van der Waals surface area contributed by atoms with Crippen molar-refractivity contribution >= 4 is 0 Å². The predicted molar refractivity (Wildman–Crippen MR) is 246 cm³/mol. The first kappa shape index (κ1) is 82.8. The molecule has 0 atom stereocenters. The van der Waals surface area contributed by atoms with Crippen LogP contribution < -0.4 is 0 Å². The summed E-state index contributed by atoms with van der Waals surface area (Å²) >= 11 is 0. The van der Waals surface area contributed by atoms with Gasteiger partial charge in [0.1, 0.15) is 0 Å². The molecule has 0 saturated heterocycles. The maximum absolute atomic E-state index is 14.1. The molecule has 1 N–H and O–H groups in total. The lowest BCUT2D eigenvalue weighted by atomic mass is 9.86. The molecule has 0 aliphatic heterocycles. The highest BCUT2D eigenvalue weighted by atomic mass is 19.4. The molecule has 0 aromatic rings. The number of aliphatic hydroxyl groups is 1. The van der Waals surface area contributed by atoms with Crippen LogP contribution in [0.1, 0.15) is 6.42 Å². The highest BCUT2D eigenvalue weighted by Crippen LogP contribution is 2.66. The Morgan fingerprint density at radius 2 is 0.294 bits per heavy atom. The van der Waals surface area contributed by atoms with Gasteiger partial charge in [0.2, 0.25) is 0 Å². The average molecular weight is 1310 g/mol. The molecule has 39 heteroatoms. The van der Waals surface area contributed by atoms with Gasteiger partial charge in [-0.25, -0.2) is 0 Å². The summed E-state index contributed by atoms with van der Waals surface area (Å²) in [5.74, 6) is -77.3. The first-order chi connectivity index (χ1) is 39.8. The molecule has 85 heavy (non-hydrogen) atoms. The Morgan fingerprint density at radius 3 is 0.447 bits per heavy atom. The van der Waals surface area contributed by atoms with Crippen LogP contribution in [-0.2, 0) is 80.5 Å². The number of hydrogen-bond donors (Lipinski definition) is 1. The molecule has 0 aromatic carbocycles. The molecule has 512 valence electrons. The SMILES string of the molecule is OCCOCCOCCOCCOCCOCCOCCOCCOCCOCCOCCOCCOCCOCCOCCOCCOCCOCCC(F)(F)C(F)(F)C(F)(F)C(F)(F)C(F)(F)C(F)(F)C(F)(F)C(F)(F)C(F)(F)C(F)(F)F. The van der Waals surface area contributed by atoms with Crippen LogP contribution in [0.4, 0.5) is 92.2 Å². The Hall–Kier alpha value is -2.19. The molecule has 0 aromatic heterocycles. The number of halogens is 21. The zero-order valence-electron chi connectivity index (χ0n) is 45.8. The Kier molecular flexibility index (Phi) is 42.4. The van der Waals surface area contributed by atoms with Gasteiger partial charge in [0, 0.05) is 6.42 Å². The lowest BCUT2D eigenvalue weighted by Crippen LogP contribution is -2.76. The van der Waals surface area contributed by atoms with E-state index in [1.165, 1.54) is 0 Å². The number of alkyl halides is 21. The van der Waals surface area contributed by atoms with E-state index in [0.717, 1.165) is 0 Å². The third-order valence-corrected chi connectivity index (χ3v) is 10.3. The van der Waals surface area contributed by atoms with Crippen LogP contribution in [0.5, 0.6) is 0 Å². The van der Waals surface area contributed by atoms with Gasteiger partial charge in [-0.2, -0.15) is 92.2 Å². The standard InChI is InChI=1S/C46H73F21O18/c47-37(48,38(49,50)39(51,52)40(53,54)41(55,56)42(57,58)43(59,60)44(61,62)45(63,64)46(65,66)67)1-3-69-5-7-71-9-11-73-13-15-75-17-19-77-21-23-79-25-27-81-29-31-83-33-35-85-36-34-84-32-30-82-28-26-80-24-22-78-20-18-76-16-14-74-12-10-72-8-6-70-4-2-68/h68H,1-36H2. The Balaban J connectivity index is 3.78. The molecule has 0 unspecified atom stereocenters. The zero-order chi connectivity index (χ0) is 64.5. The normalized spacial score (nSPS) is 13.9. The first-order valence-electron chi connectivity index (χ1n) is 25.7. The molecule has 0 bridgehead atoms. The molecule has 0 heterocycles. The summed E-state index contributed by atoms with van der Waals surface area (Å²) in [4.78, 5) is 0. The van der Waals surface area contributed by atoms with Crippen molar-refractivity contribution in [2.45, 2.75) is 65.9 Å². The van der Waals surface area contributed by atoms with Gasteiger partial charge < -0.3 is 85.6 Å². The van der Waals surface area contributed by atoms with Gasteiger partial charge in [0.05, 0.1) is 231 Å². The van der Waals surface area contributed by atoms with Gasteiger partial charge in [0.15, 0.2) is 0 Å². The van der Waals surface area contributed by atoms with Gasteiger partial charge in [-0.15, -0.1) is 0 Å². The fourth-order valence-electron chi connectivity index (χ4n) is 5.63. The van der Waals surface area contributed by atoms with E-state index in [4.69, 9.17) is 80.9 Å². The van der Waals surface area contributed by atoms with Crippen LogP contribution in [0.25, 0.3) is 0 Å². The molecule has 0 aliphatic carbocycles. The molecular formula is C46H73F21O18. The van der Waals surface area contributed by atoms with E-state index >= 15 is 0 Å².